The molecule has 0 unspecified atom stereocenters. The average Bonchev–Trinajstić information content (AvgIpc) is 2.98. The molecule has 0 fully saturated rings. The molecular formula is C17H25N3S. The van der Waals surface area contributed by atoms with Gasteiger partial charge in [0, 0.05) is 23.7 Å². The number of nitrogens with one attached hydrogen (secondary N) is 1. The number of pyridine rings is 1. The Labute approximate surface area is 132 Å². The second kappa shape index (κ2) is 8.15. The lowest BCUT2D eigenvalue weighted by Crippen LogP contribution is -2.31. The van der Waals surface area contributed by atoms with Crippen LogP contribution in [0, 0.1) is 0 Å². The van der Waals surface area contributed by atoms with Crippen LogP contribution in [0.5, 0.6) is 0 Å². The lowest BCUT2D eigenvalue weighted by Gasteiger charge is -2.30. The Morgan fingerprint density at radius 3 is 2.86 bits per heavy atom. The van der Waals surface area contributed by atoms with Crippen molar-refractivity contribution in [3.8, 4) is 0 Å². The van der Waals surface area contributed by atoms with Gasteiger partial charge < -0.3 is 10.2 Å². The molecule has 2 aromatic rings. The molecule has 2 rings (SSSR count). The molecule has 4 heteroatoms. The van der Waals surface area contributed by atoms with E-state index >= 15 is 0 Å². The van der Waals surface area contributed by atoms with Gasteiger partial charge in [0.15, 0.2) is 0 Å². The summed E-state index contributed by atoms with van der Waals surface area (Å²) < 4.78 is 0. The van der Waals surface area contributed by atoms with E-state index in [4.69, 9.17) is 0 Å². The molecule has 0 amide bonds. The fourth-order valence-electron chi connectivity index (χ4n) is 2.34. The van der Waals surface area contributed by atoms with Crippen LogP contribution in [0.2, 0.25) is 0 Å². The predicted octanol–water partition coefficient (Wildman–Crippen LogP) is 4.06. The van der Waals surface area contributed by atoms with Crippen LogP contribution in [0.25, 0.3) is 0 Å². The van der Waals surface area contributed by atoms with Crippen LogP contribution < -0.4 is 10.2 Å². The summed E-state index contributed by atoms with van der Waals surface area (Å²) in [6.45, 7) is 9.57. The third-order valence-electron chi connectivity index (χ3n) is 3.47. The number of nitrogens with zero attached hydrogens (tertiary/aromatic N) is 2. The Morgan fingerprint density at radius 2 is 2.19 bits per heavy atom. The third-order valence-corrected chi connectivity index (χ3v) is 4.33. The van der Waals surface area contributed by atoms with Gasteiger partial charge in [-0.3, -0.25) is 4.98 Å². The maximum absolute atomic E-state index is 4.34. The zero-order chi connectivity index (χ0) is 15.1. The predicted molar refractivity (Wildman–Crippen MR) is 91.9 cm³/mol. The summed E-state index contributed by atoms with van der Waals surface area (Å²) in [5.41, 5.74) is 2.56. The van der Waals surface area contributed by atoms with Gasteiger partial charge in [-0.05, 0) is 49.9 Å². The Morgan fingerprint density at radius 1 is 1.33 bits per heavy atom. The number of hydrogen-bond donors (Lipinski definition) is 1. The summed E-state index contributed by atoms with van der Waals surface area (Å²) in [4.78, 5) is 8.16. The van der Waals surface area contributed by atoms with Crippen molar-refractivity contribution < 1.29 is 0 Å². The highest BCUT2D eigenvalue weighted by Crippen LogP contribution is 2.25. The Kier molecular flexibility index (Phi) is 6.21. The first-order chi connectivity index (χ1) is 10.2. The summed E-state index contributed by atoms with van der Waals surface area (Å²) in [5, 5.41) is 5.63. The highest BCUT2D eigenvalue weighted by Gasteiger charge is 2.15. The highest BCUT2D eigenvalue weighted by atomic mass is 32.1. The normalized spacial score (nSPS) is 11.0. The first-order valence-corrected chi connectivity index (χ1v) is 8.53. The Bertz CT molecular complexity index is 523. The zero-order valence-corrected chi connectivity index (χ0v) is 14.0. The van der Waals surface area contributed by atoms with E-state index in [-0.39, 0.29) is 0 Å². The summed E-state index contributed by atoms with van der Waals surface area (Å²) in [6.07, 6.45) is 5.04. The molecule has 2 heterocycles. The van der Waals surface area contributed by atoms with Crippen molar-refractivity contribution in [2.45, 2.75) is 46.3 Å². The minimum Gasteiger partial charge on any atom is -0.362 e. The molecule has 21 heavy (non-hydrogen) atoms. The lowest BCUT2D eigenvalue weighted by atomic mass is 10.1. The molecule has 0 radical (unpaired) electrons. The topological polar surface area (TPSA) is 28.2 Å². The first-order valence-electron chi connectivity index (χ1n) is 7.65. The van der Waals surface area contributed by atoms with Gasteiger partial charge in [0.25, 0.3) is 0 Å². The average molecular weight is 303 g/mol. The van der Waals surface area contributed by atoms with Crippen LogP contribution in [0.3, 0.4) is 0 Å². The standard InChI is InChI=1S/C17H25N3S/c1-4-8-18-11-15-7-9-19-12-17(15)20(14(2)3)13-16-6-5-10-21-16/h5-7,9-10,12,14,18H,4,8,11,13H2,1-3H3. The van der Waals surface area contributed by atoms with Crippen molar-refractivity contribution >= 4 is 17.0 Å². The molecule has 0 saturated heterocycles. The molecule has 0 aliphatic rings. The maximum atomic E-state index is 4.34. The summed E-state index contributed by atoms with van der Waals surface area (Å²) in [7, 11) is 0. The number of thiophene rings is 1. The monoisotopic (exact) mass is 303 g/mol. The highest BCUT2D eigenvalue weighted by molar-refractivity contribution is 7.09. The van der Waals surface area contributed by atoms with E-state index in [0.717, 1.165) is 26.1 Å². The van der Waals surface area contributed by atoms with Crippen LogP contribution in [0.4, 0.5) is 5.69 Å². The molecule has 1 N–H and O–H groups in total. The molecule has 0 aliphatic carbocycles. The minimum atomic E-state index is 0.446. The van der Waals surface area contributed by atoms with E-state index in [1.807, 2.05) is 23.7 Å². The first kappa shape index (κ1) is 16.0. The van der Waals surface area contributed by atoms with E-state index in [0.29, 0.717) is 6.04 Å². The van der Waals surface area contributed by atoms with Gasteiger partial charge in [-0.15, -0.1) is 11.3 Å². The van der Waals surface area contributed by atoms with Gasteiger partial charge in [0.05, 0.1) is 18.4 Å². The maximum Gasteiger partial charge on any atom is 0.0603 e. The van der Waals surface area contributed by atoms with Gasteiger partial charge in [-0.25, -0.2) is 0 Å². The van der Waals surface area contributed by atoms with Crippen molar-refractivity contribution in [1.82, 2.24) is 10.3 Å². The summed E-state index contributed by atoms with van der Waals surface area (Å²) >= 11 is 1.81. The van der Waals surface area contributed by atoms with Crippen LogP contribution >= 0.6 is 11.3 Å². The van der Waals surface area contributed by atoms with Crippen LogP contribution in [-0.4, -0.2) is 17.6 Å². The molecule has 0 spiro atoms. The molecule has 0 saturated carbocycles. The van der Waals surface area contributed by atoms with Crippen molar-refractivity contribution in [3.63, 3.8) is 0 Å². The van der Waals surface area contributed by atoms with Crippen molar-refractivity contribution in [3.05, 3.63) is 46.4 Å². The van der Waals surface area contributed by atoms with E-state index in [1.54, 1.807) is 0 Å². The van der Waals surface area contributed by atoms with Gasteiger partial charge in [0.2, 0.25) is 0 Å². The van der Waals surface area contributed by atoms with Gasteiger partial charge in [-0.1, -0.05) is 13.0 Å². The Balaban J connectivity index is 2.19. The number of aromatic nitrogens is 1. The van der Waals surface area contributed by atoms with Crippen molar-refractivity contribution in [2.75, 3.05) is 11.4 Å². The molecular weight excluding hydrogens is 278 g/mol. The fraction of sp³-hybridized carbons (Fsp3) is 0.471. The third kappa shape index (κ3) is 4.55. The summed E-state index contributed by atoms with van der Waals surface area (Å²) in [6, 6.07) is 6.89. The Hall–Kier alpha value is -1.39. The van der Waals surface area contributed by atoms with E-state index in [9.17, 15) is 0 Å². The molecule has 0 bridgehead atoms. The fourth-order valence-corrected chi connectivity index (χ4v) is 3.04. The van der Waals surface area contributed by atoms with Gasteiger partial charge in [-0.2, -0.15) is 0 Å². The summed E-state index contributed by atoms with van der Waals surface area (Å²) in [5.74, 6) is 0. The van der Waals surface area contributed by atoms with Crippen molar-refractivity contribution in [1.29, 1.82) is 0 Å². The van der Waals surface area contributed by atoms with E-state index in [1.165, 1.54) is 16.1 Å². The van der Waals surface area contributed by atoms with Crippen LogP contribution in [0.1, 0.15) is 37.6 Å². The smallest absolute Gasteiger partial charge is 0.0603 e. The second-order valence-corrected chi connectivity index (χ2v) is 6.51. The van der Waals surface area contributed by atoms with Crippen LogP contribution in [0.15, 0.2) is 36.0 Å². The molecule has 0 aliphatic heterocycles. The quantitative estimate of drug-likeness (QED) is 0.745. The van der Waals surface area contributed by atoms with Crippen molar-refractivity contribution in [2.24, 2.45) is 0 Å². The number of rotatable bonds is 8. The van der Waals surface area contributed by atoms with Gasteiger partial charge >= 0.3 is 0 Å². The van der Waals surface area contributed by atoms with E-state index < -0.39 is 0 Å². The van der Waals surface area contributed by atoms with Crippen LogP contribution in [-0.2, 0) is 13.1 Å². The zero-order valence-electron chi connectivity index (χ0n) is 13.2. The lowest BCUT2D eigenvalue weighted by molar-refractivity contribution is 0.654. The second-order valence-electron chi connectivity index (χ2n) is 5.48. The molecule has 3 nitrogen and oxygen atoms in total. The van der Waals surface area contributed by atoms with Gasteiger partial charge in [0.1, 0.15) is 0 Å². The molecule has 0 atom stereocenters. The SMILES string of the molecule is CCCNCc1ccncc1N(Cc1cccs1)C(C)C. The minimum absolute atomic E-state index is 0.446. The number of anilines is 1. The molecule has 114 valence electrons. The molecule has 0 aromatic carbocycles. The number of hydrogen-bond acceptors (Lipinski definition) is 4. The van der Waals surface area contributed by atoms with E-state index in [2.05, 4.69) is 59.6 Å². The largest absolute Gasteiger partial charge is 0.362 e. The molecule has 2 aromatic heterocycles.